The van der Waals surface area contributed by atoms with Gasteiger partial charge in [-0.1, -0.05) is 23.7 Å². The molecule has 1 N–H and O–H groups in total. The third-order valence-corrected chi connectivity index (χ3v) is 4.70. The minimum Gasteiger partial charge on any atom is -0.388 e. The number of aliphatic hydroxyl groups is 1. The number of piperazine rings is 1. The van der Waals surface area contributed by atoms with Gasteiger partial charge in [-0.3, -0.25) is 4.90 Å². The van der Waals surface area contributed by atoms with Crippen LogP contribution in [0.3, 0.4) is 0 Å². The molecule has 0 amide bonds. The number of benzene rings is 1. The van der Waals surface area contributed by atoms with Crippen LogP contribution < -0.4 is 0 Å². The molecule has 0 spiro atoms. The third-order valence-electron chi connectivity index (χ3n) is 4.44. The molecule has 2 fully saturated rings. The maximum Gasteiger partial charge on any atom is 0.0802 e. The minimum absolute atomic E-state index is 0.381. The predicted octanol–water partition coefficient (Wildman–Crippen LogP) is 2.54. The second-order valence-corrected chi connectivity index (χ2v) is 6.40. The van der Waals surface area contributed by atoms with Crippen molar-refractivity contribution >= 4 is 11.6 Å². The summed E-state index contributed by atoms with van der Waals surface area (Å²) in [4.78, 5) is 5.09. The second-order valence-electron chi connectivity index (χ2n) is 5.96. The Bertz CT molecular complexity index is 425. The average molecular weight is 295 g/mol. The molecule has 0 radical (unpaired) electrons. The van der Waals surface area contributed by atoms with Gasteiger partial charge in [-0.25, -0.2) is 0 Å². The van der Waals surface area contributed by atoms with Gasteiger partial charge in [0.05, 0.1) is 6.10 Å². The first-order valence-electron chi connectivity index (χ1n) is 7.62. The molecule has 20 heavy (non-hydrogen) atoms. The number of halogens is 1. The molecular weight excluding hydrogens is 272 g/mol. The van der Waals surface area contributed by atoms with E-state index in [0.29, 0.717) is 0 Å². The van der Waals surface area contributed by atoms with E-state index in [4.69, 9.17) is 11.6 Å². The van der Waals surface area contributed by atoms with E-state index in [2.05, 4.69) is 9.80 Å². The van der Waals surface area contributed by atoms with Gasteiger partial charge in [-0.05, 0) is 37.0 Å². The molecule has 1 aromatic rings. The van der Waals surface area contributed by atoms with Gasteiger partial charge in [-0.2, -0.15) is 0 Å². The highest BCUT2D eigenvalue weighted by Crippen LogP contribution is 2.27. The van der Waals surface area contributed by atoms with E-state index in [1.54, 1.807) is 0 Å². The predicted molar refractivity (Wildman–Crippen MR) is 82.1 cm³/mol. The molecule has 3 nitrogen and oxygen atoms in total. The third kappa shape index (κ3) is 3.73. The van der Waals surface area contributed by atoms with Crippen LogP contribution in [0.1, 0.15) is 30.9 Å². The van der Waals surface area contributed by atoms with E-state index in [0.717, 1.165) is 42.7 Å². The van der Waals surface area contributed by atoms with Crippen molar-refractivity contribution < 1.29 is 5.11 Å². The highest BCUT2D eigenvalue weighted by molar-refractivity contribution is 6.30. The summed E-state index contributed by atoms with van der Waals surface area (Å²) >= 11 is 5.86. The molecule has 1 atom stereocenters. The van der Waals surface area contributed by atoms with Crippen molar-refractivity contribution in [1.82, 2.24) is 9.80 Å². The van der Waals surface area contributed by atoms with E-state index in [-0.39, 0.29) is 6.10 Å². The Morgan fingerprint density at radius 3 is 2.35 bits per heavy atom. The number of hydrogen-bond donors (Lipinski definition) is 1. The minimum atomic E-state index is -0.381. The van der Waals surface area contributed by atoms with Crippen LogP contribution in [0, 0.1) is 0 Å². The Morgan fingerprint density at radius 1 is 1.10 bits per heavy atom. The first-order valence-corrected chi connectivity index (χ1v) is 8.00. The van der Waals surface area contributed by atoms with Crippen molar-refractivity contribution in [2.45, 2.75) is 31.4 Å². The van der Waals surface area contributed by atoms with Gasteiger partial charge in [0.25, 0.3) is 0 Å². The van der Waals surface area contributed by atoms with E-state index in [1.165, 1.54) is 25.9 Å². The van der Waals surface area contributed by atoms with Crippen molar-refractivity contribution in [3.05, 3.63) is 34.9 Å². The van der Waals surface area contributed by atoms with E-state index in [1.807, 2.05) is 24.3 Å². The smallest absolute Gasteiger partial charge is 0.0802 e. The average Bonchev–Trinajstić information content (AvgIpc) is 3.31. The van der Waals surface area contributed by atoms with Gasteiger partial charge >= 0.3 is 0 Å². The number of aliphatic hydroxyl groups excluding tert-OH is 1. The zero-order chi connectivity index (χ0) is 13.9. The van der Waals surface area contributed by atoms with Crippen LogP contribution in [0.2, 0.25) is 5.02 Å². The summed E-state index contributed by atoms with van der Waals surface area (Å²) < 4.78 is 0. The molecule has 0 aromatic heterocycles. The Balaban J connectivity index is 1.41. The first-order chi connectivity index (χ1) is 9.72. The molecule has 1 unspecified atom stereocenters. The largest absolute Gasteiger partial charge is 0.388 e. The fraction of sp³-hybridized carbons (Fsp3) is 0.625. The van der Waals surface area contributed by atoms with Gasteiger partial charge < -0.3 is 10.0 Å². The normalized spacial score (nSPS) is 22.9. The number of nitrogens with zero attached hydrogens (tertiary/aromatic N) is 2. The van der Waals surface area contributed by atoms with E-state index in [9.17, 15) is 5.11 Å². The van der Waals surface area contributed by atoms with Crippen molar-refractivity contribution in [2.24, 2.45) is 0 Å². The van der Waals surface area contributed by atoms with Crippen LogP contribution in [0.15, 0.2) is 24.3 Å². The lowest BCUT2D eigenvalue weighted by Gasteiger charge is -2.35. The standard InChI is InChI=1S/C16H23ClN2O/c17-14-3-1-13(2-4-14)16(20)7-8-18-9-11-19(12-10-18)15-5-6-15/h1-4,15-16,20H,5-12H2. The molecule has 1 heterocycles. The quantitative estimate of drug-likeness (QED) is 0.904. The lowest BCUT2D eigenvalue weighted by molar-refractivity contribution is 0.0990. The lowest BCUT2D eigenvalue weighted by Crippen LogP contribution is -2.47. The fourth-order valence-electron chi connectivity index (χ4n) is 2.95. The van der Waals surface area contributed by atoms with Crippen molar-refractivity contribution in [1.29, 1.82) is 0 Å². The summed E-state index contributed by atoms with van der Waals surface area (Å²) in [6.45, 7) is 5.65. The molecule has 1 saturated carbocycles. The molecule has 1 aliphatic carbocycles. The Kier molecular flexibility index (Phi) is 4.61. The van der Waals surface area contributed by atoms with Gasteiger partial charge in [0.1, 0.15) is 0 Å². The number of rotatable bonds is 5. The SMILES string of the molecule is OC(CCN1CCN(C2CC2)CC1)c1ccc(Cl)cc1. The van der Waals surface area contributed by atoms with Crippen LogP contribution in [-0.2, 0) is 0 Å². The zero-order valence-electron chi connectivity index (χ0n) is 11.8. The van der Waals surface area contributed by atoms with Gasteiger partial charge in [0.15, 0.2) is 0 Å². The van der Waals surface area contributed by atoms with Gasteiger partial charge in [0.2, 0.25) is 0 Å². The Morgan fingerprint density at radius 2 is 1.75 bits per heavy atom. The summed E-state index contributed by atoms with van der Waals surface area (Å²) in [7, 11) is 0. The topological polar surface area (TPSA) is 26.7 Å². The first kappa shape index (κ1) is 14.3. The highest BCUT2D eigenvalue weighted by Gasteiger charge is 2.31. The van der Waals surface area contributed by atoms with Crippen LogP contribution in [0.5, 0.6) is 0 Å². The maximum atomic E-state index is 10.2. The molecule has 1 aliphatic heterocycles. The fourth-order valence-corrected chi connectivity index (χ4v) is 3.07. The Labute approximate surface area is 126 Å². The summed E-state index contributed by atoms with van der Waals surface area (Å²) in [5.41, 5.74) is 0.964. The van der Waals surface area contributed by atoms with E-state index >= 15 is 0 Å². The maximum absolute atomic E-state index is 10.2. The van der Waals surface area contributed by atoms with Crippen molar-refractivity contribution in [3.8, 4) is 0 Å². The van der Waals surface area contributed by atoms with E-state index < -0.39 is 0 Å². The van der Waals surface area contributed by atoms with Crippen LogP contribution in [-0.4, -0.2) is 53.7 Å². The van der Waals surface area contributed by atoms with Crippen LogP contribution >= 0.6 is 11.6 Å². The summed E-state index contributed by atoms with van der Waals surface area (Å²) in [6.07, 6.45) is 3.21. The van der Waals surface area contributed by atoms with Crippen molar-refractivity contribution in [2.75, 3.05) is 32.7 Å². The molecule has 1 saturated heterocycles. The van der Waals surface area contributed by atoms with Crippen LogP contribution in [0.4, 0.5) is 0 Å². The lowest BCUT2D eigenvalue weighted by atomic mass is 10.1. The van der Waals surface area contributed by atoms with Crippen molar-refractivity contribution in [3.63, 3.8) is 0 Å². The molecule has 4 heteroatoms. The molecule has 0 bridgehead atoms. The molecular formula is C16H23ClN2O. The molecule has 110 valence electrons. The number of hydrogen-bond acceptors (Lipinski definition) is 3. The summed E-state index contributed by atoms with van der Waals surface area (Å²) in [5, 5.41) is 10.9. The monoisotopic (exact) mass is 294 g/mol. The second kappa shape index (κ2) is 6.44. The molecule has 2 aliphatic rings. The Hall–Kier alpha value is -0.610. The van der Waals surface area contributed by atoms with Gasteiger partial charge in [0, 0.05) is 43.8 Å². The van der Waals surface area contributed by atoms with Crippen LogP contribution in [0.25, 0.3) is 0 Å². The zero-order valence-corrected chi connectivity index (χ0v) is 12.6. The summed E-state index contributed by atoms with van der Waals surface area (Å²) in [6, 6.07) is 8.40. The highest BCUT2D eigenvalue weighted by atomic mass is 35.5. The summed E-state index contributed by atoms with van der Waals surface area (Å²) in [5.74, 6) is 0. The van der Waals surface area contributed by atoms with Gasteiger partial charge in [-0.15, -0.1) is 0 Å². The molecule has 3 rings (SSSR count). The molecule has 1 aromatic carbocycles.